The Bertz CT molecular complexity index is 997. The summed E-state index contributed by atoms with van der Waals surface area (Å²) in [5.74, 6) is 0.255. The summed E-state index contributed by atoms with van der Waals surface area (Å²) in [5.41, 5.74) is 3.45. The largest absolute Gasteiger partial charge is 0.495 e. The van der Waals surface area contributed by atoms with Crippen LogP contribution in [-0.4, -0.2) is 45.4 Å². The summed E-state index contributed by atoms with van der Waals surface area (Å²) in [6.45, 7) is 4.83. The van der Waals surface area contributed by atoms with Crippen molar-refractivity contribution in [3.63, 3.8) is 0 Å². The van der Waals surface area contributed by atoms with Crippen LogP contribution in [0, 0.1) is 0 Å². The minimum atomic E-state index is -0.567. The van der Waals surface area contributed by atoms with E-state index in [9.17, 15) is 9.59 Å². The fourth-order valence-electron chi connectivity index (χ4n) is 3.88. The molecule has 2 aromatic carbocycles. The average Bonchev–Trinajstić information content (AvgIpc) is 2.79. The van der Waals surface area contributed by atoms with Crippen LogP contribution in [0.25, 0.3) is 0 Å². The Morgan fingerprint density at radius 1 is 1.13 bits per heavy atom. The Kier molecular flexibility index (Phi) is 6.08. The molecule has 1 atom stereocenters. The summed E-state index contributed by atoms with van der Waals surface area (Å²) in [7, 11) is 1.55. The molecule has 1 unspecified atom stereocenters. The van der Waals surface area contributed by atoms with Gasteiger partial charge in [-0.1, -0.05) is 24.3 Å². The van der Waals surface area contributed by atoms with Crippen LogP contribution in [0.5, 0.6) is 5.75 Å². The molecule has 0 bridgehead atoms. The lowest BCUT2D eigenvalue weighted by Crippen LogP contribution is -2.46. The second kappa shape index (κ2) is 9.09. The molecule has 31 heavy (non-hydrogen) atoms. The maximum atomic E-state index is 13.2. The van der Waals surface area contributed by atoms with E-state index in [2.05, 4.69) is 20.9 Å². The van der Waals surface area contributed by atoms with Crippen LogP contribution in [0.1, 0.15) is 18.5 Å². The summed E-state index contributed by atoms with van der Waals surface area (Å²) in [6, 6.07) is 14.2. The normalized spacial score (nSPS) is 18.8. The molecular weight excluding hydrogens is 396 g/mol. The van der Waals surface area contributed by atoms with E-state index < -0.39 is 6.04 Å². The molecule has 2 aliphatic heterocycles. The number of amides is 3. The second-order valence-electron chi connectivity index (χ2n) is 7.42. The van der Waals surface area contributed by atoms with Crippen LogP contribution in [0.4, 0.5) is 16.2 Å². The summed E-state index contributed by atoms with van der Waals surface area (Å²) >= 11 is 0. The predicted molar refractivity (Wildman–Crippen MR) is 118 cm³/mol. The summed E-state index contributed by atoms with van der Waals surface area (Å²) in [4.78, 5) is 27.6. The lowest BCUT2D eigenvalue weighted by Gasteiger charge is -2.31. The molecule has 2 heterocycles. The van der Waals surface area contributed by atoms with Crippen molar-refractivity contribution in [3.8, 4) is 5.75 Å². The van der Waals surface area contributed by atoms with Gasteiger partial charge in [0.05, 0.1) is 37.6 Å². The lowest BCUT2D eigenvalue weighted by molar-refractivity contribution is -0.113. The Morgan fingerprint density at radius 3 is 2.55 bits per heavy atom. The molecule has 0 aliphatic carbocycles. The Hall–Kier alpha value is -3.52. The predicted octanol–water partition coefficient (Wildman–Crippen LogP) is 2.80. The molecule has 0 radical (unpaired) electrons. The highest BCUT2D eigenvalue weighted by Crippen LogP contribution is 2.31. The number of benzene rings is 2. The molecular formula is C23H26N4O4. The minimum absolute atomic E-state index is 0.309. The van der Waals surface area contributed by atoms with Gasteiger partial charge in [0, 0.05) is 24.5 Å². The number of hydrogen-bond acceptors (Lipinski definition) is 5. The third-order valence-electron chi connectivity index (χ3n) is 5.47. The number of nitrogens with one attached hydrogen (secondary N) is 3. The van der Waals surface area contributed by atoms with E-state index in [0.717, 1.165) is 24.3 Å². The van der Waals surface area contributed by atoms with Gasteiger partial charge in [-0.3, -0.25) is 4.79 Å². The number of carbonyl (C=O) groups excluding carboxylic acids is 2. The Labute approximate surface area is 181 Å². The van der Waals surface area contributed by atoms with E-state index in [1.54, 1.807) is 26.2 Å². The number of rotatable bonds is 5. The van der Waals surface area contributed by atoms with Crippen molar-refractivity contribution in [2.45, 2.75) is 13.0 Å². The zero-order valence-electron chi connectivity index (χ0n) is 17.6. The molecule has 3 N–H and O–H groups in total. The van der Waals surface area contributed by atoms with Crippen LogP contribution in [0.2, 0.25) is 0 Å². The highest BCUT2D eigenvalue weighted by Gasteiger charge is 2.31. The number of hydrogen-bond donors (Lipinski definition) is 3. The number of carbonyl (C=O) groups is 2. The first-order valence-corrected chi connectivity index (χ1v) is 10.2. The van der Waals surface area contributed by atoms with Gasteiger partial charge in [-0.25, -0.2) is 4.79 Å². The average molecular weight is 422 g/mol. The molecule has 0 saturated carbocycles. The van der Waals surface area contributed by atoms with Gasteiger partial charge >= 0.3 is 6.03 Å². The topological polar surface area (TPSA) is 91.9 Å². The fraction of sp³-hybridized carbons (Fsp3) is 0.304. The number of allylic oxidation sites excluding steroid dienone is 1. The molecule has 1 fully saturated rings. The highest BCUT2D eigenvalue weighted by molar-refractivity contribution is 6.07. The third kappa shape index (κ3) is 4.49. The molecule has 8 nitrogen and oxygen atoms in total. The SMILES string of the molecule is COc1ccccc1NC(=O)C1=C(C)NC(=O)NC1c1ccc(N2CCOCC2)cc1. The Balaban J connectivity index is 1.60. The first kappa shape index (κ1) is 20.7. The number of para-hydroxylation sites is 2. The zero-order chi connectivity index (χ0) is 21.8. The van der Waals surface area contributed by atoms with E-state index in [4.69, 9.17) is 9.47 Å². The molecule has 4 rings (SSSR count). The molecule has 8 heteroatoms. The fourth-order valence-corrected chi connectivity index (χ4v) is 3.88. The van der Waals surface area contributed by atoms with Crippen LogP contribution in [0.15, 0.2) is 59.8 Å². The van der Waals surface area contributed by atoms with Gasteiger partial charge in [0.1, 0.15) is 5.75 Å². The number of methoxy groups -OCH3 is 1. The van der Waals surface area contributed by atoms with Crippen molar-refractivity contribution in [1.82, 2.24) is 10.6 Å². The number of ether oxygens (including phenoxy) is 2. The molecule has 2 aliphatic rings. The van der Waals surface area contributed by atoms with Crippen molar-refractivity contribution in [2.75, 3.05) is 43.6 Å². The molecule has 1 saturated heterocycles. The smallest absolute Gasteiger partial charge is 0.319 e. The van der Waals surface area contributed by atoms with E-state index in [1.807, 2.05) is 36.4 Å². The van der Waals surface area contributed by atoms with E-state index in [-0.39, 0.29) is 11.9 Å². The first-order valence-electron chi connectivity index (χ1n) is 10.2. The zero-order valence-corrected chi connectivity index (χ0v) is 17.6. The summed E-state index contributed by atoms with van der Waals surface area (Å²) in [5, 5.41) is 8.48. The molecule has 0 aromatic heterocycles. The number of urea groups is 1. The molecule has 0 spiro atoms. The Morgan fingerprint density at radius 2 is 1.84 bits per heavy atom. The number of nitrogens with zero attached hydrogens (tertiary/aromatic N) is 1. The van der Waals surface area contributed by atoms with Gasteiger partial charge in [0.15, 0.2) is 0 Å². The standard InChI is InChI=1S/C23H26N4O4/c1-15-20(22(28)25-18-5-3-4-6-19(18)30-2)21(26-23(29)24-15)16-7-9-17(10-8-16)27-11-13-31-14-12-27/h3-10,21H,11-14H2,1-2H3,(H,25,28)(H2,24,26,29). The van der Waals surface area contributed by atoms with Crippen molar-refractivity contribution >= 4 is 23.3 Å². The van der Waals surface area contributed by atoms with E-state index in [0.29, 0.717) is 35.9 Å². The molecule has 162 valence electrons. The third-order valence-corrected chi connectivity index (χ3v) is 5.47. The number of anilines is 2. The summed E-state index contributed by atoms with van der Waals surface area (Å²) < 4.78 is 10.7. The van der Waals surface area contributed by atoms with Crippen LogP contribution >= 0.6 is 0 Å². The quantitative estimate of drug-likeness (QED) is 0.689. The second-order valence-corrected chi connectivity index (χ2v) is 7.42. The van der Waals surface area contributed by atoms with E-state index in [1.165, 1.54) is 0 Å². The maximum absolute atomic E-state index is 13.2. The van der Waals surface area contributed by atoms with Crippen LogP contribution in [-0.2, 0) is 9.53 Å². The maximum Gasteiger partial charge on any atom is 0.319 e. The van der Waals surface area contributed by atoms with Gasteiger partial charge in [0.25, 0.3) is 5.91 Å². The first-order chi connectivity index (χ1) is 15.1. The molecule has 2 aromatic rings. The molecule has 3 amide bonds. The van der Waals surface area contributed by atoms with Gasteiger partial charge in [-0.2, -0.15) is 0 Å². The van der Waals surface area contributed by atoms with Crippen molar-refractivity contribution in [1.29, 1.82) is 0 Å². The van der Waals surface area contributed by atoms with Gasteiger partial charge in [-0.15, -0.1) is 0 Å². The number of morpholine rings is 1. The monoisotopic (exact) mass is 422 g/mol. The van der Waals surface area contributed by atoms with Crippen LogP contribution < -0.4 is 25.6 Å². The van der Waals surface area contributed by atoms with Crippen molar-refractivity contribution in [2.24, 2.45) is 0 Å². The lowest BCUT2D eigenvalue weighted by atomic mass is 9.94. The summed E-state index contributed by atoms with van der Waals surface area (Å²) in [6.07, 6.45) is 0. The van der Waals surface area contributed by atoms with Crippen LogP contribution in [0.3, 0.4) is 0 Å². The van der Waals surface area contributed by atoms with Gasteiger partial charge in [0.2, 0.25) is 0 Å². The highest BCUT2D eigenvalue weighted by atomic mass is 16.5. The van der Waals surface area contributed by atoms with E-state index >= 15 is 0 Å². The van der Waals surface area contributed by atoms with Gasteiger partial charge < -0.3 is 30.3 Å². The van der Waals surface area contributed by atoms with Gasteiger partial charge in [-0.05, 0) is 36.8 Å². The van der Waals surface area contributed by atoms with Crippen molar-refractivity contribution in [3.05, 3.63) is 65.4 Å². The van der Waals surface area contributed by atoms with Crippen molar-refractivity contribution < 1.29 is 19.1 Å². The minimum Gasteiger partial charge on any atom is -0.495 e.